The van der Waals surface area contributed by atoms with Crippen molar-refractivity contribution in [3.05, 3.63) is 47.6 Å². The second kappa shape index (κ2) is 17.2. The van der Waals surface area contributed by atoms with Crippen molar-refractivity contribution in [2.45, 2.75) is 76.0 Å². The fourth-order valence-corrected chi connectivity index (χ4v) is 8.57. The molecule has 1 fully saturated rings. The van der Waals surface area contributed by atoms with Crippen LogP contribution in [0.4, 0.5) is 0 Å². The van der Waals surface area contributed by atoms with Gasteiger partial charge in [-0.3, -0.25) is 19.2 Å². The van der Waals surface area contributed by atoms with E-state index in [2.05, 4.69) is 30.6 Å². The highest BCUT2D eigenvalue weighted by molar-refractivity contribution is 7.99. The zero-order chi connectivity index (χ0) is 35.6. The summed E-state index contributed by atoms with van der Waals surface area (Å²) in [6.07, 6.45) is 5.12. The fraction of sp³-hybridized carbons (Fsp3) is 0.516. The first kappa shape index (κ1) is 38.2. The largest absolute Gasteiger partial charge is 0.480 e. The topological polar surface area (TPSA) is 236 Å². The van der Waals surface area contributed by atoms with Crippen molar-refractivity contribution in [2.24, 2.45) is 11.3 Å². The van der Waals surface area contributed by atoms with Crippen LogP contribution in [0.15, 0.2) is 24.7 Å². The van der Waals surface area contributed by atoms with E-state index >= 15 is 0 Å². The average Bonchev–Trinajstić information content (AvgIpc) is 3.03. The van der Waals surface area contributed by atoms with Crippen molar-refractivity contribution >= 4 is 65.1 Å². The van der Waals surface area contributed by atoms with Gasteiger partial charge in [0.2, 0.25) is 11.8 Å². The molecule has 258 valence electrons. The van der Waals surface area contributed by atoms with Gasteiger partial charge in [0.05, 0.1) is 16.2 Å². The summed E-state index contributed by atoms with van der Waals surface area (Å²) >= 11 is 2.30. The Kier molecular flexibility index (Phi) is 13.7. The maximum atomic E-state index is 13.3. The van der Waals surface area contributed by atoms with Crippen LogP contribution in [0.2, 0.25) is 0 Å². The molecule has 15 nitrogen and oxygen atoms in total. The van der Waals surface area contributed by atoms with Crippen LogP contribution in [-0.2, 0) is 24.0 Å². The van der Waals surface area contributed by atoms with Gasteiger partial charge in [-0.05, 0) is 37.3 Å². The third kappa shape index (κ3) is 10.1. The number of aliphatic carboxylic acids is 2. The van der Waals surface area contributed by atoms with E-state index in [1.807, 2.05) is 0 Å². The van der Waals surface area contributed by atoms with Crippen molar-refractivity contribution < 1.29 is 43.8 Å². The van der Waals surface area contributed by atoms with Gasteiger partial charge in [0, 0.05) is 50.8 Å². The zero-order valence-electron chi connectivity index (χ0n) is 26.9. The smallest absolute Gasteiger partial charge is 0.327 e. The minimum absolute atomic E-state index is 0.0686. The third-order valence-corrected chi connectivity index (χ3v) is 10.9. The summed E-state index contributed by atoms with van der Waals surface area (Å²) < 4.78 is 0. The van der Waals surface area contributed by atoms with Crippen LogP contribution in [0.25, 0.3) is 0 Å². The van der Waals surface area contributed by atoms with Crippen molar-refractivity contribution in [3.63, 3.8) is 0 Å². The summed E-state index contributed by atoms with van der Waals surface area (Å²) in [5, 5.41) is 23.0. The SMILES string of the molecule is CC(=O)NC(CSC(c1nccc(C(C)=O)n1)C1CCCC(C=O)(C(SCC(NC(C)=O)C(=O)O)c2cc(C(C)=O)ncn2)C1)C(=O)O. The molecule has 0 spiro atoms. The van der Waals surface area contributed by atoms with Gasteiger partial charge < -0.3 is 25.6 Å². The Morgan fingerprint density at radius 3 is 2.06 bits per heavy atom. The third-order valence-electron chi connectivity index (χ3n) is 7.87. The molecule has 0 radical (unpaired) electrons. The summed E-state index contributed by atoms with van der Waals surface area (Å²) in [6, 6.07) is 0.421. The molecule has 0 saturated heterocycles. The van der Waals surface area contributed by atoms with Crippen LogP contribution in [0.5, 0.6) is 0 Å². The van der Waals surface area contributed by atoms with Gasteiger partial charge >= 0.3 is 11.9 Å². The molecule has 2 aromatic rings. The lowest BCUT2D eigenvalue weighted by Gasteiger charge is -2.44. The quantitative estimate of drug-likeness (QED) is 0.137. The van der Waals surface area contributed by atoms with Crippen molar-refractivity contribution in [2.75, 3.05) is 11.5 Å². The number of rotatable bonds is 17. The van der Waals surface area contributed by atoms with E-state index in [0.29, 0.717) is 25.0 Å². The lowest BCUT2D eigenvalue weighted by atomic mass is 9.66. The van der Waals surface area contributed by atoms with E-state index in [1.165, 1.54) is 64.1 Å². The maximum Gasteiger partial charge on any atom is 0.327 e. The number of carbonyl (C=O) groups excluding carboxylic acids is 5. The molecule has 0 aromatic carbocycles. The number of thioether (sulfide) groups is 2. The molecule has 1 saturated carbocycles. The van der Waals surface area contributed by atoms with Gasteiger partial charge in [-0.2, -0.15) is 0 Å². The standard InChI is InChI=1S/C31H38N6O9S2/c1-16(39)21-7-9-32-28(37-21)26(47-12-24(29(43)44)35-18(3)41)20-6-5-8-31(11-20,14-38)27(23-10-22(17(2)40)33-15-34-23)48-13-25(30(45)46)36-19(4)42/h7,9-10,14-15,20,24-27H,5-6,8,11-13H2,1-4H3,(H,35,41)(H,36,42)(H,43,44)(H,45,46). The summed E-state index contributed by atoms with van der Waals surface area (Å²) in [5.74, 6) is -4.51. The molecule has 1 aliphatic carbocycles. The predicted octanol–water partition coefficient (Wildman–Crippen LogP) is 2.47. The molecule has 2 amide bonds. The molecular weight excluding hydrogens is 665 g/mol. The number of carboxylic acids is 2. The van der Waals surface area contributed by atoms with Gasteiger partial charge in [0.15, 0.2) is 11.6 Å². The molecule has 4 N–H and O–H groups in total. The number of ketones is 2. The van der Waals surface area contributed by atoms with E-state index in [9.17, 15) is 43.8 Å². The number of aldehydes is 1. The summed E-state index contributed by atoms with van der Waals surface area (Å²) in [4.78, 5) is 102. The second-order valence-electron chi connectivity index (χ2n) is 11.6. The number of hydrogen-bond acceptors (Lipinski definition) is 13. The highest BCUT2D eigenvalue weighted by Crippen LogP contribution is 2.56. The highest BCUT2D eigenvalue weighted by atomic mass is 32.2. The first-order valence-electron chi connectivity index (χ1n) is 15.0. The number of nitrogens with zero attached hydrogens (tertiary/aromatic N) is 4. The summed E-state index contributed by atoms with van der Waals surface area (Å²) in [5.41, 5.74) is -0.578. The van der Waals surface area contributed by atoms with Gasteiger partial charge in [0.25, 0.3) is 0 Å². The lowest BCUT2D eigenvalue weighted by molar-refractivity contribution is -0.141. The molecule has 1 aliphatic rings. The Morgan fingerprint density at radius 2 is 1.52 bits per heavy atom. The van der Waals surface area contributed by atoms with Crippen LogP contribution in [0.1, 0.15) is 96.4 Å². The van der Waals surface area contributed by atoms with Gasteiger partial charge in [0.1, 0.15) is 41.9 Å². The van der Waals surface area contributed by atoms with Crippen LogP contribution < -0.4 is 10.6 Å². The Morgan fingerprint density at radius 1 is 0.917 bits per heavy atom. The Labute approximate surface area is 285 Å². The number of carbonyl (C=O) groups is 7. The lowest BCUT2D eigenvalue weighted by Crippen LogP contribution is -2.43. The van der Waals surface area contributed by atoms with E-state index in [4.69, 9.17) is 0 Å². The van der Waals surface area contributed by atoms with Gasteiger partial charge in [-0.15, -0.1) is 23.5 Å². The number of aromatic nitrogens is 4. The maximum absolute atomic E-state index is 13.3. The van der Waals surface area contributed by atoms with Crippen LogP contribution in [0, 0.1) is 11.3 Å². The highest BCUT2D eigenvalue weighted by Gasteiger charge is 2.47. The number of nitrogens with one attached hydrogen (secondary N) is 2. The molecule has 2 aromatic heterocycles. The minimum Gasteiger partial charge on any atom is -0.480 e. The molecule has 6 unspecified atom stereocenters. The second-order valence-corrected chi connectivity index (χ2v) is 13.9. The predicted molar refractivity (Wildman–Crippen MR) is 175 cm³/mol. The van der Waals surface area contributed by atoms with Crippen LogP contribution in [-0.4, -0.2) is 95.3 Å². The molecule has 6 atom stereocenters. The Balaban J connectivity index is 2.09. The monoisotopic (exact) mass is 702 g/mol. The van der Waals surface area contributed by atoms with E-state index in [0.717, 1.165) is 18.0 Å². The number of hydrogen-bond donors (Lipinski definition) is 4. The molecule has 48 heavy (non-hydrogen) atoms. The van der Waals surface area contributed by atoms with E-state index in [-0.39, 0.29) is 52.6 Å². The number of carboxylic acid groups (broad SMARTS) is 2. The first-order chi connectivity index (χ1) is 22.7. The molecule has 2 heterocycles. The zero-order valence-corrected chi connectivity index (χ0v) is 28.5. The summed E-state index contributed by atoms with van der Waals surface area (Å²) in [6.45, 7) is 5.09. The minimum atomic E-state index is -1.28. The van der Waals surface area contributed by atoms with Crippen molar-refractivity contribution in [3.8, 4) is 0 Å². The Bertz CT molecular complexity index is 1560. The van der Waals surface area contributed by atoms with Crippen LogP contribution >= 0.6 is 23.5 Å². The molecular formula is C31H38N6O9S2. The van der Waals surface area contributed by atoms with Gasteiger partial charge in [-0.1, -0.05) is 6.42 Å². The normalized spacial score (nSPS) is 20.0. The van der Waals surface area contributed by atoms with Crippen LogP contribution in [0.3, 0.4) is 0 Å². The first-order valence-corrected chi connectivity index (χ1v) is 17.1. The Hall–Kier alpha value is -4.25. The van der Waals surface area contributed by atoms with Crippen molar-refractivity contribution in [1.82, 2.24) is 30.6 Å². The fourth-order valence-electron chi connectivity index (χ4n) is 5.67. The molecule has 0 aliphatic heterocycles. The molecule has 17 heteroatoms. The van der Waals surface area contributed by atoms with E-state index in [1.54, 1.807) is 0 Å². The summed E-state index contributed by atoms with van der Waals surface area (Å²) in [7, 11) is 0. The average molecular weight is 703 g/mol. The molecule has 0 bridgehead atoms. The number of Topliss-reactive ketones (excluding diaryl/α,β-unsaturated/α-hetero) is 2. The van der Waals surface area contributed by atoms with E-state index < -0.39 is 51.8 Å². The molecule has 3 rings (SSSR count). The number of amides is 2. The van der Waals surface area contributed by atoms with Crippen molar-refractivity contribution in [1.29, 1.82) is 0 Å². The van der Waals surface area contributed by atoms with Gasteiger partial charge in [-0.25, -0.2) is 29.5 Å².